The molecule has 90 valence electrons. The summed E-state index contributed by atoms with van der Waals surface area (Å²) in [5.41, 5.74) is 6.50. The summed E-state index contributed by atoms with van der Waals surface area (Å²) >= 11 is 1.64. The summed E-state index contributed by atoms with van der Waals surface area (Å²) in [5, 5.41) is 0.931. The van der Waals surface area contributed by atoms with Crippen LogP contribution in [0.1, 0.15) is 0 Å². The van der Waals surface area contributed by atoms with Gasteiger partial charge < -0.3 is 10.5 Å². The number of benzene rings is 1. The zero-order valence-corrected chi connectivity index (χ0v) is 10.5. The fraction of sp³-hybridized carbons (Fsp3) is 0.250. The highest BCUT2D eigenvalue weighted by molar-refractivity contribution is 7.99. The topological polar surface area (TPSA) is 53.1 Å². The van der Waals surface area contributed by atoms with Crippen LogP contribution in [0.15, 0.2) is 41.8 Å². The minimum Gasteiger partial charge on any atom is -0.495 e. The number of nitrogens with zero attached hydrogens (tertiary/aromatic N) is 2. The van der Waals surface area contributed by atoms with Crippen molar-refractivity contribution in [2.45, 2.75) is 5.16 Å². The summed E-state index contributed by atoms with van der Waals surface area (Å²) in [6, 6.07) is 7.88. The van der Waals surface area contributed by atoms with Gasteiger partial charge in [0.2, 0.25) is 0 Å². The van der Waals surface area contributed by atoms with Crippen molar-refractivity contribution in [3.05, 3.63) is 36.7 Å². The molecule has 4 nitrogen and oxygen atoms in total. The van der Waals surface area contributed by atoms with E-state index in [1.807, 2.05) is 35.0 Å². The third kappa shape index (κ3) is 2.62. The van der Waals surface area contributed by atoms with Crippen LogP contribution < -0.4 is 10.5 Å². The molecule has 1 heterocycles. The summed E-state index contributed by atoms with van der Waals surface area (Å²) < 4.78 is 7.36. The SMILES string of the molecule is COc1ccccc1-n1ccnc1SCCN. The van der Waals surface area contributed by atoms with Gasteiger partial charge in [0.1, 0.15) is 5.75 Å². The zero-order valence-electron chi connectivity index (χ0n) is 9.67. The average molecular weight is 249 g/mol. The first-order chi connectivity index (χ1) is 8.36. The van der Waals surface area contributed by atoms with Gasteiger partial charge in [0.15, 0.2) is 5.16 Å². The number of methoxy groups -OCH3 is 1. The van der Waals surface area contributed by atoms with Gasteiger partial charge in [0.05, 0.1) is 12.8 Å². The van der Waals surface area contributed by atoms with Crippen molar-refractivity contribution in [3.63, 3.8) is 0 Å². The molecule has 2 N–H and O–H groups in total. The summed E-state index contributed by atoms with van der Waals surface area (Å²) in [6.45, 7) is 0.642. The minimum atomic E-state index is 0.642. The van der Waals surface area contributed by atoms with Gasteiger partial charge in [-0.15, -0.1) is 0 Å². The van der Waals surface area contributed by atoms with Crippen LogP contribution in [-0.2, 0) is 0 Å². The van der Waals surface area contributed by atoms with Crippen molar-refractivity contribution in [3.8, 4) is 11.4 Å². The number of imidazole rings is 1. The monoisotopic (exact) mass is 249 g/mol. The Morgan fingerprint density at radius 2 is 2.24 bits per heavy atom. The van der Waals surface area contributed by atoms with Crippen LogP contribution in [0.25, 0.3) is 5.69 Å². The quantitative estimate of drug-likeness (QED) is 0.823. The van der Waals surface area contributed by atoms with Crippen molar-refractivity contribution in [1.82, 2.24) is 9.55 Å². The molecule has 1 aromatic carbocycles. The van der Waals surface area contributed by atoms with E-state index in [1.54, 1.807) is 25.1 Å². The zero-order chi connectivity index (χ0) is 12.1. The molecule has 0 amide bonds. The molecular formula is C12H15N3OS. The number of thioether (sulfide) groups is 1. The van der Waals surface area contributed by atoms with Crippen LogP contribution in [0.3, 0.4) is 0 Å². The van der Waals surface area contributed by atoms with Gasteiger partial charge in [0, 0.05) is 24.7 Å². The normalized spacial score (nSPS) is 10.5. The number of ether oxygens (including phenoxy) is 1. The molecule has 0 atom stereocenters. The fourth-order valence-corrected chi connectivity index (χ4v) is 2.29. The highest BCUT2D eigenvalue weighted by atomic mass is 32.2. The molecule has 17 heavy (non-hydrogen) atoms. The van der Waals surface area contributed by atoms with E-state index in [1.165, 1.54) is 0 Å². The molecule has 0 saturated heterocycles. The largest absolute Gasteiger partial charge is 0.495 e. The predicted octanol–water partition coefficient (Wildman–Crippen LogP) is 1.93. The van der Waals surface area contributed by atoms with Crippen LogP contribution in [0, 0.1) is 0 Å². The van der Waals surface area contributed by atoms with Crippen LogP contribution in [-0.4, -0.2) is 29.0 Å². The van der Waals surface area contributed by atoms with Gasteiger partial charge in [-0.3, -0.25) is 4.57 Å². The molecule has 0 radical (unpaired) electrons. The highest BCUT2D eigenvalue weighted by Crippen LogP contribution is 2.26. The molecule has 0 spiro atoms. The predicted molar refractivity (Wildman–Crippen MR) is 69.9 cm³/mol. The summed E-state index contributed by atoms with van der Waals surface area (Å²) in [5.74, 6) is 1.69. The first kappa shape index (κ1) is 12.0. The third-order valence-corrected chi connectivity index (χ3v) is 3.30. The molecule has 0 aliphatic rings. The lowest BCUT2D eigenvalue weighted by atomic mass is 10.3. The number of rotatable bonds is 5. The number of aromatic nitrogens is 2. The molecular weight excluding hydrogens is 234 g/mol. The lowest BCUT2D eigenvalue weighted by Crippen LogP contribution is -2.03. The second-order valence-electron chi connectivity index (χ2n) is 3.39. The lowest BCUT2D eigenvalue weighted by molar-refractivity contribution is 0.412. The standard InChI is InChI=1S/C12H15N3OS/c1-16-11-5-3-2-4-10(11)15-8-7-14-12(15)17-9-6-13/h2-5,7-8H,6,9,13H2,1H3. The number of hydrogen-bond acceptors (Lipinski definition) is 4. The van der Waals surface area contributed by atoms with E-state index < -0.39 is 0 Å². The van der Waals surface area contributed by atoms with E-state index in [0.717, 1.165) is 22.3 Å². The van der Waals surface area contributed by atoms with Gasteiger partial charge in [-0.25, -0.2) is 4.98 Å². The maximum atomic E-state index is 5.51. The summed E-state index contributed by atoms with van der Waals surface area (Å²) in [6.07, 6.45) is 3.71. The van der Waals surface area contributed by atoms with E-state index >= 15 is 0 Å². The van der Waals surface area contributed by atoms with Crippen molar-refractivity contribution in [1.29, 1.82) is 0 Å². The molecule has 0 unspecified atom stereocenters. The van der Waals surface area contributed by atoms with Gasteiger partial charge >= 0.3 is 0 Å². The van der Waals surface area contributed by atoms with Crippen molar-refractivity contribution >= 4 is 11.8 Å². The van der Waals surface area contributed by atoms with Crippen molar-refractivity contribution in [2.24, 2.45) is 5.73 Å². The molecule has 2 rings (SSSR count). The van der Waals surface area contributed by atoms with E-state index in [9.17, 15) is 0 Å². The number of nitrogens with two attached hydrogens (primary N) is 1. The van der Waals surface area contributed by atoms with E-state index in [2.05, 4.69) is 4.98 Å². The Bertz CT molecular complexity index is 484. The van der Waals surface area contributed by atoms with E-state index in [4.69, 9.17) is 10.5 Å². The van der Waals surface area contributed by atoms with Crippen LogP contribution in [0.4, 0.5) is 0 Å². The first-order valence-electron chi connectivity index (χ1n) is 5.36. The van der Waals surface area contributed by atoms with Crippen molar-refractivity contribution in [2.75, 3.05) is 19.4 Å². The van der Waals surface area contributed by atoms with Gasteiger partial charge in [-0.05, 0) is 12.1 Å². The lowest BCUT2D eigenvalue weighted by Gasteiger charge is -2.11. The van der Waals surface area contributed by atoms with Crippen LogP contribution >= 0.6 is 11.8 Å². The van der Waals surface area contributed by atoms with Gasteiger partial charge in [-0.2, -0.15) is 0 Å². The second kappa shape index (κ2) is 5.75. The molecule has 2 aromatic rings. The van der Waals surface area contributed by atoms with Crippen molar-refractivity contribution < 1.29 is 4.74 Å². The van der Waals surface area contributed by atoms with Gasteiger partial charge in [0.25, 0.3) is 0 Å². The highest BCUT2D eigenvalue weighted by Gasteiger charge is 2.09. The molecule has 1 aromatic heterocycles. The fourth-order valence-electron chi connectivity index (χ4n) is 1.56. The maximum absolute atomic E-state index is 5.51. The molecule has 0 saturated carbocycles. The summed E-state index contributed by atoms with van der Waals surface area (Å²) in [4.78, 5) is 4.32. The Balaban J connectivity index is 2.35. The van der Waals surface area contributed by atoms with E-state index in [-0.39, 0.29) is 0 Å². The molecule has 0 aliphatic carbocycles. The minimum absolute atomic E-state index is 0.642. The summed E-state index contributed by atoms with van der Waals surface area (Å²) in [7, 11) is 1.67. The van der Waals surface area contributed by atoms with Gasteiger partial charge in [-0.1, -0.05) is 23.9 Å². The Morgan fingerprint density at radius 3 is 3.00 bits per heavy atom. The first-order valence-corrected chi connectivity index (χ1v) is 6.35. The molecule has 5 heteroatoms. The van der Waals surface area contributed by atoms with Crippen LogP contribution in [0.2, 0.25) is 0 Å². The molecule has 0 aliphatic heterocycles. The molecule has 0 fully saturated rings. The Morgan fingerprint density at radius 1 is 1.41 bits per heavy atom. The average Bonchev–Trinajstić information content (AvgIpc) is 2.84. The van der Waals surface area contributed by atoms with E-state index in [0.29, 0.717) is 6.54 Å². The van der Waals surface area contributed by atoms with Crippen LogP contribution in [0.5, 0.6) is 5.75 Å². The second-order valence-corrected chi connectivity index (χ2v) is 4.45. The Labute approximate surface area is 105 Å². The number of para-hydroxylation sites is 2. The molecule has 0 bridgehead atoms. The Hall–Kier alpha value is -1.46. The third-order valence-electron chi connectivity index (χ3n) is 2.30. The number of hydrogen-bond donors (Lipinski definition) is 1. The smallest absolute Gasteiger partial charge is 0.172 e. The maximum Gasteiger partial charge on any atom is 0.172 e. The Kier molecular flexibility index (Phi) is 4.06.